The van der Waals surface area contributed by atoms with Crippen molar-refractivity contribution in [2.75, 3.05) is 20.2 Å². The second-order valence-electron chi connectivity index (χ2n) is 6.67. The summed E-state index contributed by atoms with van der Waals surface area (Å²) in [6.07, 6.45) is 5.76. The van der Waals surface area contributed by atoms with Gasteiger partial charge in [0, 0.05) is 37.5 Å². The molecule has 1 aliphatic heterocycles. The van der Waals surface area contributed by atoms with Gasteiger partial charge in [0.2, 0.25) is 0 Å². The largest absolute Gasteiger partial charge is 0.497 e. The Balaban J connectivity index is 1.56. The molecule has 0 aromatic heterocycles. The summed E-state index contributed by atoms with van der Waals surface area (Å²) in [5, 5.41) is 0. The van der Waals surface area contributed by atoms with E-state index >= 15 is 0 Å². The van der Waals surface area contributed by atoms with E-state index in [2.05, 4.69) is 29.2 Å². The highest BCUT2D eigenvalue weighted by molar-refractivity contribution is 6.04. The van der Waals surface area contributed by atoms with Gasteiger partial charge in [0.05, 0.1) is 7.11 Å². The predicted molar refractivity (Wildman–Crippen MR) is 104 cm³/mol. The monoisotopic (exact) mass is 350 g/mol. The molecule has 2 N–H and O–H groups in total. The molecular formula is C22H26N2O2. The molecule has 2 aromatic rings. The van der Waals surface area contributed by atoms with E-state index in [9.17, 15) is 4.79 Å². The Kier molecular flexibility index (Phi) is 6.08. The number of methoxy groups -OCH3 is 1. The molecule has 0 unspecified atom stereocenters. The number of benzene rings is 2. The molecule has 4 heteroatoms. The van der Waals surface area contributed by atoms with Gasteiger partial charge in [-0.05, 0) is 42.0 Å². The summed E-state index contributed by atoms with van der Waals surface area (Å²) in [6.45, 7) is 2.50. The van der Waals surface area contributed by atoms with Gasteiger partial charge >= 0.3 is 0 Å². The van der Waals surface area contributed by atoms with Crippen molar-refractivity contribution in [1.82, 2.24) is 4.90 Å². The summed E-state index contributed by atoms with van der Waals surface area (Å²) in [7, 11) is 1.60. The van der Waals surface area contributed by atoms with Crippen LogP contribution in [0.1, 0.15) is 40.2 Å². The van der Waals surface area contributed by atoms with E-state index < -0.39 is 0 Å². The molecule has 1 aliphatic rings. The number of nitrogens with two attached hydrogens (primary N) is 1. The molecular weight excluding hydrogens is 324 g/mol. The first-order valence-corrected chi connectivity index (χ1v) is 9.09. The average molecular weight is 350 g/mol. The van der Waals surface area contributed by atoms with E-state index in [0.717, 1.165) is 25.9 Å². The fourth-order valence-electron chi connectivity index (χ4n) is 3.40. The first kappa shape index (κ1) is 18.2. The van der Waals surface area contributed by atoms with Gasteiger partial charge in [-0.2, -0.15) is 0 Å². The van der Waals surface area contributed by atoms with Crippen LogP contribution in [0.3, 0.4) is 0 Å². The molecule has 0 amide bonds. The minimum atomic E-state index is 0.00155. The summed E-state index contributed by atoms with van der Waals surface area (Å²) in [4.78, 5) is 14.6. The maximum atomic E-state index is 12.3. The Morgan fingerprint density at radius 1 is 1.19 bits per heavy atom. The number of likely N-dealkylation sites (tertiary alicyclic amines) is 1. The maximum absolute atomic E-state index is 12.3. The van der Waals surface area contributed by atoms with Gasteiger partial charge in [-0.3, -0.25) is 4.79 Å². The topological polar surface area (TPSA) is 55.6 Å². The van der Waals surface area contributed by atoms with Gasteiger partial charge < -0.3 is 15.4 Å². The molecule has 4 nitrogen and oxygen atoms in total. The van der Waals surface area contributed by atoms with Crippen molar-refractivity contribution < 1.29 is 9.53 Å². The lowest BCUT2D eigenvalue weighted by Gasteiger charge is -2.31. The molecule has 0 aliphatic carbocycles. The van der Waals surface area contributed by atoms with E-state index in [-0.39, 0.29) is 5.78 Å². The number of nitrogens with zero attached hydrogens (tertiary/aromatic N) is 1. The van der Waals surface area contributed by atoms with Gasteiger partial charge in [-0.1, -0.05) is 36.4 Å². The van der Waals surface area contributed by atoms with Crippen LogP contribution in [0, 0.1) is 0 Å². The lowest BCUT2D eigenvalue weighted by Crippen LogP contribution is -2.28. The zero-order valence-corrected chi connectivity index (χ0v) is 15.2. The van der Waals surface area contributed by atoms with E-state index in [4.69, 9.17) is 10.5 Å². The Morgan fingerprint density at radius 2 is 1.96 bits per heavy atom. The van der Waals surface area contributed by atoms with Crippen molar-refractivity contribution in [3.8, 4) is 5.75 Å². The van der Waals surface area contributed by atoms with E-state index in [1.165, 1.54) is 11.1 Å². The number of piperidine rings is 1. The fraction of sp³-hybridized carbons (Fsp3) is 0.318. The second-order valence-corrected chi connectivity index (χ2v) is 6.67. The first-order chi connectivity index (χ1) is 12.7. The number of hydrogen-bond donors (Lipinski definition) is 1. The molecule has 0 saturated carbocycles. The van der Waals surface area contributed by atoms with Crippen LogP contribution in [-0.2, 0) is 6.54 Å². The number of carbonyl (C=O) groups is 1. The van der Waals surface area contributed by atoms with Crippen molar-refractivity contribution in [3.63, 3.8) is 0 Å². The highest BCUT2D eigenvalue weighted by Gasteiger charge is 2.19. The number of ether oxygens (including phenoxy) is 1. The molecule has 0 spiro atoms. The molecule has 26 heavy (non-hydrogen) atoms. The normalized spacial score (nSPS) is 15.4. The molecule has 0 radical (unpaired) electrons. The standard InChI is InChI=1S/C22H26N2O2/c1-26-21-7-3-6-20(15-21)22(25)10-13-24-11-8-18(9-12-24)19-5-2-4-17(14-19)16-23/h2-7,10,13-15,18H,8-9,11-12,16,23H2,1H3. The molecule has 1 fully saturated rings. The maximum Gasteiger partial charge on any atom is 0.187 e. The molecule has 2 aromatic carbocycles. The number of carbonyl (C=O) groups excluding carboxylic acids is 1. The Labute approximate surface area is 155 Å². The van der Waals surface area contributed by atoms with Crippen molar-refractivity contribution in [2.45, 2.75) is 25.3 Å². The zero-order chi connectivity index (χ0) is 18.4. The first-order valence-electron chi connectivity index (χ1n) is 9.09. The summed E-state index contributed by atoms with van der Waals surface area (Å²) in [5.41, 5.74) is 8.96. The molecule has 1 saturated heterocycles. The van der Waals surface area contributed by atoms with E-state index in [1.807, 2.05) is 24.4 Å². The van der Waals surface area contributed by atoms with Crippen LogP contribution < -0.4 is 10.5 Å². The average Bonchev–Trinajstić information content (AvgIpc) is 2.72. The minimum absolute atomic E-state index is 0.00155. The molecule has 3 rings (SSSR count). The predicted octanol–water partition coefficient (Wildman–Crippen LogP) is 3.73. The quantitative estimate of drug-likeness (QED) is 0.637. The minimum Gasteiger partial charge on any atom is -0.497 e. The van der Waals surface area contributed by atoms with Gasteiger partial charge in [-0.15, -0.1) is 0 Å². The van der Waals surface area contributed by atoms with Crippen LogP contribution >= 0.6 is 0 Å². The number of hydrogen-bond acceptors (Lipinski definition) is 4. The highest BCUT2D eigenvalue weighted by atomic mass is 16.5. The van der Waals surface area contributed by atoms with Gasteiger partial charge in [0.1, 0.15) is 5.75 Å². The number of rotatable bonds is 6. The Morgan fingerprint density at radius 3 is 2.69 bits per heavy atom. The van der Waals surface area contributed by atoms with Crippen LogP contribution in [0.2, 0.25) is 0 Å². The van der Waals surface area contributed by atoms with Crippen molar-refractivity contribution in [3.05, 3.63) is 77.5 Å². The molecule has 0 atom stereocenters. The van der Waals surface area contributed by atoms with Crippen molar-refractivity contribution in [2.24, 2.45) is 5.73 Å². The van der Waals surface area contributed by atoms with Crippen LogP contribution in [0.15, 0.2) is 60.8 Å². The van der Waals surface area contributed by atoms with E-state index in [1.54, 1.807) is 19.3 Å². The third-order valence-corrected chi connectivity index (χ3v) is 4.98. The Hall–Kier alpha value is -2.59. The number of allylic oxidation sites excluding steroid dienone is 1. The second kappa shape index (κ2) is 8.68. The molecule has 1 heterocycles. The summed E-state index contributed by atoms with van der Waals surface area (Å²) < 4.78 is 5.18. The lowest BCUT2D eigenvalue weighted by molar-refractivity contribution is 0.104. The van der Waals surface area contributed by atoms with E-state index in [0.29, 0.717) is 23.8 Å². The third kappa shape index (κ3) is 4.52. The molecule has 0 bridgehead atoms. The van der Waals surface area contributed by atoms with Crippen LogP contribution in [0.4, 0.5) is 0 Å². The summed E-state index contributed by atoms with van der Waals surface area (Å²) in [5.74, 6) is 1.27. The summed E-state index contributed by atoms with van der Waals surface area (Å²) >= 11 is 0. The smallest absolute Gasteiger partial charge is 0.187 e. The van der Waals surface area contributed by atoms with Gasteiger partial charge in [-0.25, -0.2) is 0 Å². The zero-order valence-electron chi connectivity index (χ0n) is 15.2. The van der Waals surface area contributed by atoms with Crippen LogP contribution in [0.25, 0.3) is 0 Å². The number of ketones is 1. The van der Waals surface area contributed by atoms with Gasteiger partial charge in [0.15, 0.2) is 5.78 Å². The van der Waals surface area contributed by atoms with Crippen molar-refractivity contribution in [1.29, 1.82) is 0 Å². The van der Waals surface area contributed by atoms with Gasteiger partial charge in [0.25, 0.3) is 0 Å². The highest BCUT2D eigenvalue weighted by Crippen LogP contribution is 2.28. The fourth-order valence-corrected chi connectivity index (χ4v) is 3.40. The van der Waals surface area contributed by atoms with Crippen molar-refractivity contribution >= 4 is 5.78 Å². The SMILES string of the molecule is COc1cccc(C(=O)C=CN2CCC(c3cccc(CN)c3)CC2)c1. The molecule has 136 valence electrons. The Bertz CT molecular complexity index is 777. The lowest BCUT2D eigenvalue weighted by atomic mass is 9.88. The van der Waals surface area contributed by atoms with Crippen LogP contribution in [0.5, 0.6) is 5.75 Å². The van der Waals surface area contributed by atoms with Crippen LogP contribution in [-0.4, -0.2) is 30.9 Å². The summed E-state index contributed by atoms with van der Waals surface area (Å²) in [6, 6.07) is 15.8. The third-order valence-electron chi connectivity index (χ3n) is 4.98.